The molecule has 2 fully saturated rings. The smallest absolute Gasteiger partial charge is 0.0627 e. The normalized spacial score (nSPS) is 56.3. The molecule has 1 N–H and O–H groups in total. The van der Waals surface area contributed by atoms with Crippen LogP contribution in [0.1, 0.15) is 52.9 Å². The van der Waals surface area contributed by atoms with Crippen LogP contribution in [-0.4, -0.2) is 10.7 Å². The number of rotatable bonds is 0. The van der Waals surface area contributed by atoms with Crippen LogP contribution >= 0.6 is 0 Å². The fourth-order valence-corrected chi connectivity index (χ4v) is 4.27. The van der Waals surface area contributed by atoms with Gasteiger partial charge in [0.1, 0.15) is 0 Å². The van der Waals surface area contributed by atoms with E-state index in [2.05, 4.69) is 13.8 Å². The Morgan fingerprint density at radius 3 is 2.46 bits per heavy atom. The van der Waals surface area contributed by atoms with Gasteiger partial charge in [0.2, 0.25) is 0 Å². The lowest BCUT2D eigenvalue weighted by molar-refractivity contribution is -0.0834. The summed E-state index contributed by atoms with van der Waals surface area (Å²) in [6.07, 6.45) is 6.06. The molecule has 2 saturated carbocycles. The molecule has 0 aromatic heterocycles. The number of hydrogen-bond acceptors (Lipinski definition) is 1. The molecule has 0 spiro atoms. The van der Waals surface area contributed by atoms with Crippen LogP contribution in [0.3, 0.4) is 0 Å². The van der Waals surface area contributed by atoms with Crippen LogP contribution in [0.5, 0.6) is 0 Å². The molecular weight excluding hydrogens is 160 g/mol. The van der Waals surface area contributed by atoms with E-state index in [0.717, 1.165) is 24.7 Å². The maximum Gasteiger partial charge on any atom is 0.0627 e. The van der Waals surface area contributed by atoms with Crippen molar-refractivity contribution in [2.24, 2.45) is 17.3 Å². The second-order valence-corrected chi connectivity index (χ2v) is 6.30. The zero-order valence-corrected chi connectivity index (χ0v) is 9.14. The van der Waals surface area contributed by atoms with E-state index in [4.69, 9.17) is 0 Å². The van der Waals surface area contributed by atoms with Crippen molar-refractivity contribution in [3.05, 3.63) is 0 Å². The summed E-state index contributed by atoms with van der Waals surface area (Å²) < 4.78 is 0. The monoisotopic (exact) mass is 182 g/mol. The van der Waals surface area contributed by atoms with Gasteiger partial charge in [0.15, 0.2) is 0 Å². The van der Waals surface area contributed by atoms with Gasteiger partial charge in [-0.05, 0) is 56.3 Å². The zero-order chi connectivity index (χ0) is 9.69. The molecule has 0 aromatic carbocycles. The van der Waals surface area contributed by atoms with Crippen LogP contribution in [0.4, 0.5) is 0 Å². The third kappa shape index (κ3) is 1.90. The Kier molecular flexibility index (Phi) is 1.99. The fraction of sp³-hybridized carbons (Fsp3) is 1.00. The lowest BCUT2D eigenvalue weighted by atomic mass is 9.56. The minimum atomic E-state index is -0.377. The second kappa shape index (κ2) is 2.73. The molecule has 76 valence electrons. The first-order valence-electron chi connectivity index (χ1n) is 5.61. The van der Waals surface area contributed by atoms with Crippen molar-refractivity contribution in [3.63, 3.8) is 0 Å². The fourth-order valence-electron chi connectivity index (χ4n) is 4.27. The van der Waals surface area contributed by atoms with Gasteiger partial charge in [0, 0.05) is 0 Å². The lowest BCUT2D eigenvalue weighted by Gasteiger charge is -2.51. The highest BCUT2D eigenvalue weighted by Gasteiger charge is 2.46. The topological polar surface area (TPSA) is 20.2 Å². The van der Waals surface area contributed by atoms with Gasteiger partial charge in [-0.15, -0.1) is 0 Å². The Labute approximate surface area is 81.5 Å². The number of hydrogen-bond donors (Lipinski definition) is 1. The third-order valence-corrected chi connectivity index (χ3v) is 3.89. The lowest BCUT2D eigenvalue weighted by Crippen LogP contribution is -2.45. The molecule has 0 aromatic rings. The highest BCUT2D eigenvalue weighted by Crippen LogP contribution is 2.53. The van der Waals surface area contributed by atoms with Crippen LogP contribution in [0.25, 0.3) is 0 Å². The summed E-state index contributed by atoms with van der Waals surface area (Å²) in [6, 6.07) is 0. The zero-order valence-electron chi connectivity index (χ0n) is 9.14. The van der Waals surface area contributed by atoms with Gasteiger partial charge in [-0.1, -0.05) is 13.8 Å². The minimum absolute atomic E-state index is 0.377. The van der Waals surface area contributed by atoms with Crippen molar-refractivity contribution in [1.29, 1.82) is 0 Å². The van der Waals surface area contributed by atoms with Crippen LogP contribution in [0, 0.1) is 17.3 Å². The van der Waals surface area contributed by atoms with Crippen LogP contribution in [0.15, 0.2) is 0 Å². The van der Waals surface area contributed by atoms with Gasteiger partial charge >= 0.3 is 0 Å². The van der Waals surface area contributed by atoms with Crippen LogP contribution in [-0.2, 0) is 0 Å². The van der Waals surface area contributed by atoms with E-state index in [9.17, 15) is 5.11 Å². The van der Waals surface area contributed by atoms with Crippen molar-refractivity contribution in [2.75, 3.05) is 0 Å². The molecule has 2 aliphatic rings. The molecule has 1 heteroatoms. The summed E-state index contributed by atoms with van der Waals surface area (Å²) in [7, 11) is 0. The Morgan fingerprint density at radius 2 is 1.85 bits per heavy atom. The summed E-state index contributed by atoms with van der Waals surface area (Å²) in [5, 5.41) is 10.1. The van der Waals surface area contributed by atoms with Gasteiger partial charge < -0.3 is 5.11 Å². The first-order chi connectivity index (χ1) is 5.89. The number of fused-ring (bicyclic) bond motifs is 2. The molecule has 2 bridgehead atoms. The van der Waals surface area contributed by atoms with Gasteiger partial charge in [-0.3, -0.25) is 0 Å². The van der Waals surface area contributed by atoms with Gasteiger partial charge in [-0.2, -0.15) is 0 Å². The van der Waals surface area contributed by atoms with Gasteiger partial charge in [0.25, 0.3) is 0 Å². The molecule has 0 amide bonds. The van der Waals surface area contributed by atoms with Crippen LogP contribution < -0.4 is 0 Å². The van der Waals surface area contributed by atoms with Gasteiger partial charge in [-0.25, -0.2) is 0 Å². The molecule has 0 saturated heterocycles. The predicted molar refractivity (Wildman–Crippen MR) is 54.5 cm³/mol. The average Bonchev–Trinajstić information content (AvgIpc) is 1.75. The summed E-state index contributed by atoms with van der Waals surface area (Å²) in [6.45, 7) is 6.75. The molecule has 0 heterocycles. The first-order valence-corrected chi connectivity index (χ1v) is 5.61. The molecule has 1 nitrogen and oxygen atoms in total. The Morgan fingerprint density at radius 1 is 1.15 bits per heavy atom. The van der Waals surface area contributed by atoms with E-state index < -0.39 is 0 Å². The third-order valence-electron chi connectivity index (χ3n) is 3.89. The van der Waals surface area contributed by atoms with Crippen molar-refractivity contribution < 1.29 is 5.11 Å². The highest BCUT2D eigenvalue weighted by atomic mass is 16.3. The van der Waals surface area contributed by atoms with Gasteiger partial charge in [0.05, 0.1) is 5.60 Å². The predicted octanol–water partition coefficient (Wildman–Crippen LogP) is 2.97. The quantitative estimate of drug-likeness (QED) is 0.610. The van der Waals surface area contributed by atoms with E-state index in [1.807, 2.05) is 6.92 Å². The average molecular weight is 182 g/mol. The minimum Gasteiger partial charge on any atom is -0.390 e. The molecule has 2 rings (SSSR count). The Bertz CT molecular complexity index is 203. The summed E-state index contributed by atoms with van der Waals surface area (Å²) >= 11 is 0. The maximum absolute atomic E-state index is 10.1. The summed E-state index contributed by atoms with van der Waals surface area (Å²) in [5.41, 5.74) is 0.0574. The molecule has 2 aliphatic carbocycles. The highest BCUT2D eigenvalue weighted by molar-refractivity contribution is 4.97. The van der Waals surface area contributed by atoms with E-state index in [1.165, 1.54) is 19.3 Å². The second-order valence-electron chi connectivity index (χ2n) is 6.30. The van der Waals surface area contributed by atoms with Crippen LogP contribution in [0.2, 0.25) is 0 Å². The molecule has 13 heavy (non-hydrogen) atoms. The Balaban J connectivity index is 2.17. The summed E-state index contributed by atoms with van der Waals surface area (Å²) in [5.74, 6) is 1.66. The largest absolute Gasteiger partial charge is 0.390 e. The maximum atomic E-state index is 10.1. The Hall–Kier alpha value is -0.0400. The molecule has 0 radical (unpaired) electrons. The molecule has 4 unspecified atom stereocenters. The molecular formula is C12H22O. The standard InChI is InChI=1S/C12H22O/c1-9-4-10-6-11(2,5-9)8-12(3,13)7-10/h9-10,13H,4-8H2,1-3H3. The van der Waals surface area contributed by atoms with Crippen molar-refractivity contribution in [2.45, 2.75) is 58.5 Å². The summed E-state index contributed by atoms with van der Waals surface area (Å²) in [4.78, 5) is 0. The number of aliphatic hydroxyl groups is 1. The van der Waals surface area contributed by atoms with Crippen molar-refractivity contribution in [3.8, 4) is 0 Å². The SMILES string of the molecule is CC1CC2CC(C)(O)CC(C)(C1)C2. The van der Waals surface area contributed by atoms with E-state index in [1.54, 1.807) is 0 Å². The molecule has 4 atom stereocenters. The van der Waals surface area contributed by atoms with Crippen molar-refractivity contribution >= 4 is 0 Å². The van der Waals surface area contributed by atoms with Crippen molar-refractivity contribution in [1.82, 2.24) is 0 Å². The van der Waals surface area contributed by atoms with E-state index in [-0.39, 0.29) is 5.60 Å². The molecule has 0 aliphatic heterocycles. The first kappa shape index (κ1) is 9.51. The van der Waals surface area contributed by atoms with E-state index in [0.29, 0.717) is 5.41 Å². The van der Waals surface area contributed by atoms with E-state index >= 15 is 0 Å².